The fourth-order valence-electron chi connectivity index (χ4n) is 11.8. The Morgan fingerprint density at radius 3 is 2.51 bits per heavy atom. The molecule has 4 aliphatic heterocycles. The molecule has 3 saturated heterocycles. The predicted molar refractivity (Wildman–Crippen MR) is 239 cm³/mol. The Bertz CT molecular complexity index is 2550. The quantitative estimate of drug-likeness (QED) is 0.149. The van der Waals surface area contributed by atoms with Gasteiger partial charge in [-0.3, -0.25) is 34.3 Å². The standard InChI is InChI=1S/C48H51Cl2FN8O4/c49-32-11-14-35-37(26-32)54-45(62)48(35)41(34-5-4-6-36(50)42(34)51)43(56-47(48)19-2-1-3-20-47)44(61)53-33-12-9-31(10-13-33)28-57-21-15-29(16-22-57)7-8-30-17-23-58-38(25-30)52-27-40(58)59-24-18-39(60)55-46(59)63/h4-6,11,14,17,23,25-27,29,31,33,41,43,56H,1-3,9-10,12-13,15-16,18-22,24,28H2,(H,53,61)(H,54,62)(H,55,60,63)/t31?,33?,41-,43+,48+/m0/s1. The highest BCUT2D eigenvalue weighted by Crippen LogP contribution is 2.63. The van der Waals surface area contributed by atoms with Crippen molar-refractivity contribution in [1.29, 1.82) is 0 Å². The van der Waals surface area contributed by atoms with E-state index in [2.05, 4.69) is 43.0 Å². The van der Waals surface area contributed by atoms with E-state index in [1.54, 1.807) is 30.5 Å². The number of imide groups is 1. The average Bonchev–Trinajstić information content (AvgIpc) is 3.92. The predicted octanol–water partition coefficient (Wildman–Crippen LogP) is 7.31. The van der Waals surface area contributed by atoms with Gasteiger partial charge in [0.15, 0.2) is 0 Å². The lowest BCUT2D eigenvalue weighted by molar-refractivity contribution is -0.125. The van der Waals surface area contributed by atoms with Crippen LogP contribution in [0.4, 0.5) is 20.7 Å². The monoisotopic (exact) mass is 892 g/mol. The zero-order valence-electron chi connectivity index (χ0n) is 35.0. The molecule has 0 bridgehead atoms. The number of hydrogen-bond donors (Lipinski definition) is 4. The van der Waals surface area contributed by atoms with E-state index in [1.165, 1.54) is 11.0 Å². The van der Waals surface area contributed by atoms with Crippen molar-refractivity contribution >= 4 is 64.1 Å². The number of carbonyl (C=O) groups is 4. The molecule has 2 saturated carbocycles. The van der Waals surface area contributed by atoms with Crippen LogP contribution in [0.15, 0.2) is 60.9 Å². The molecule has 10 rings (SSSR count). The Morgan fingerprint density at radius 2 is 1.73 bits per heavy atom. The van der Waals surface area contributed by atoms with Gasteiger partial charge in [-0.05, 0) is 112 Å². The lowest BCUT2D eigenvalue weighted by atomic mass is 9.55. The summed E-state index contributed by atoms with van der Waals surface area (Å²) >= 11 is 12.9. The normalized spacial score (nSPS) is 27.3. The third kappa shape index (κ3) is 7.46. The molecule has 0 unspecified atom stereocenters. The second-order valence-corrected chi connectivity index (χ2v) is 19.3. The summed E-state index contributed by atoms with van der Waals surface area (Å²) in [6.45, 7) is 3.30. The number of hydrogen-bond acceptors (Lipinski definition) is 7. The molecular weight excluding hydrogens is 842 g/mol. The number of urea groups is 1. The molecule has 2 aromatic heterocycles. The minimum Gasteiger partial charge on any atom is -0.352 e. The van der Waals surface area contributed by atoms with Gasteiger partial charge in [0, 0.05) is 65.4 Å². The van der Waals surface area contributed by atoms with Crippen LogP contribution in [0.25, 0.3) is 5.65 Å². The maximum atomic E-state index is 16.3. The number of amides is 5. The van der Waals surface area contributed by atoms with Gasteiger partial charge < -0.3 is 15.5 Å². The lowest BCUT2D eigenvalue weighted by Crippen LogP contribution is -2.60. The van der Waals surface area contributed by atoms with Gasteiger partial charge >= 0.3 is 6.03 Å². The minimum absolute atomic E-state index is 0.0218. The first kappa shape index (κ1) is 42.0. The fraction of sp³-hybridized carbons (Fsp3) is 0.479. The molecular formula is C48H51Cl2FN8O4. The van der Waals surface area contributed by atoms with E-state index in [9.17, 15) is 19.2 Å². The van der Waals surface area contributed by atoms with Gasteiger partial charge in [-0.1, -0.05) is 72.5 Å². The highest BCUT2D eigenvalue weighted by atomic mass is 35.5. The molecule has 12 nitrogen and oxygen atoms in total. The first-order valence-corrected chi connectivity index (χ1v) is 23.2. The van der Waals surface area contributed by atoms with Crippen molar-refractivity contribution in [1.82, 2.24) is 30.2 Å². The number of piperidine rings is 1. The number of imidazole rings is 1. The van der Waals surface area contributed by atoms with Crippen LogP contribution >= 0.6 is 23.2 Å². The molecule has 5 amide bonds. The number of aromatic nitrogens is 2. The number of halogens is 3. The first-order valence-electron chi connectivity index (χ1n) is 22.5. The molecule has 15 heteroatoms. The number of nitrogens with zero attached hydrogens (tertiary/aromatic N) is 4. The molecule has 328 valence electrons. The number of anilines is 2. The van der Waals surface area contributed by atoms with Gasteiger partial charge in [0.25, 0.3) is 0 Å². The van der Waals surface area contributed by atoms with Crippen LogP contribution in [0.2, 0.25) is 10.0 Å². The topological polar surface area (TPSA) is 140 Å². The van der Waals surface area contributed by atoms with Crippen molar-refractivity contribution in [2.45, 2.75) is 106 Å². The zero-order chi connectivity index (χ0) is 43.5. The van der Waals surface area contributed by atoms with E-state index < -0.39 is 34.8 Å². The summed E-state index contributed by atoms with van der Waals surface area (Å²) in [6, 6.07) is 12.8. The smallest absolute Gasteiger partial charge is 0.329 e. The Morgan fingerprint density at radius 1 is 0.937 bits per heavy atom. The highest BCUT2D eigenvalue weighted by molar-refractivity contribution is 6.31. The first-order chi connectivity index (χ1) is 30.5. The van der Waals surface area contributed by atoms with Crippen molar-refractivity contribution in [2.24, 2.45) is 11.8 Å². The molecule has 2 aliphatic carbocycles. The molecule has 6 aliphatic rings. The summed E-state index contributed by atoms with van der Waals surface area (Å²) in [6.07, 6.45) is 13.6. The number of fused-ring (bicyclic) bond motifs is 4. The number of benzene rings is 2. The summed E-state index contributed by atoms with van der Waals surface area (Å²) in [5.74, 6) is 6.13. The Labute approximate surface area is 376 Å². The van der Waals surface area contributed by atoms with Gasteiger partial charge in [-0.25, -0.2) is 14.2 Å². The largest absolute Gasteiger partial charge is 0.352 e. The van der Waals surface area contributed by atoms with Crippen LogP contribution in [-0.4, -0.2) is 81.8 Å². The molecule has 2 aromatic carbocycles. The van der Waals surface area contributed by atoms with Crippen molar-refractivity contribution in [3.05, 3.63) is 93.5 Å². The lowest BCUT2D eigenvalue weighted by Gasteiger charge is -2.47. The maximum Gasteiger partial charge on any atom is 0.329 e. The van der Waals surface area contributed by atoms with E-state index in [1.807, 2.05) is 28.8 Å². The molecule has 5 fully saturated rings. The SMILES string of the molecule is O=C1CCN(c2cnc3cc(C#CC4CCN(CC5CCC(NC(=O)[C@@H]6NC7(CCCCC7)[C@@]7(C(=O)Nc8cc(Cl)ccc87)[C@H]6c6cccc(Cl)c6F)CC5)CC4)ccn23)C(=O)N1. The Balaban J connectivity index is 0.771. The maximum absolute atomic E-state index is 16.3. The average molecular weight is 894 g/mol. The van der Waals surface area contributed by atoms with Crippen LogP contribution in [0.1, 0.15) is 99.7 Å². The molecule has 0 radical (unpaired) electrons. The summed E-state index contributed by atoms with van der Waals surface area (Å²) in [4.78, 5) is 61.9. The Kier molecular flexibility index (Phi) is 11.2. The van der Waals surface area contributed by atoms with E-state index >= 15 is 4.39 Å². The molecule has 63 heavy (non-hydrogen) atoms. The van der Waals surface area contributed by atoms with E-state index in [0.29, 0.717) is 53.4 Å². The minimum atomic E-state index is -1.25. The number of nitrogens with one attached hydrogen (secondary N) is 4. The Hall–Kier alpha value is -5.00. The summed E-state index contributed by atoms with van der Waals surface area (Å²) < 4.78 is 18.1. The highest BCUT2D eigenvalue weighted by Gasteiger charge is 2.72. The van der Waals surface area contributed by atoms with Crippen molar-refractivity contribution in [2.75, 3.05) is 36.4 Å². The second kappa shape index (κ2) is 16.8. The number of likely N-dealkylation sites (tertiary alicyclic amines) is 1. The van der Waals surface area contributed by atoms with Crippen LogP contribution in [-0.2, 0) is 19.8 Å². The van der Waals surface area contributed by atoms with E-state index in [4.69, 9.17) is 23.2 Å². The van der Waals surface area contributed by atoms with Crippen molar-refractivity contribution in [3.63, 3.8) is 0 Å². The summed E-state index contributed by atoms with van der Waals surface area (Å²) in [5, 5.41) is 13.1. The summed E-state index contributed by atoms with van der Waals surface area (Å²) in [7, 11) is 0. The van der Waals surface area contributed by atoms with Gasteiger partial charge in [0.05, 0.1) is 17.3 Å². The van der Waals surface area contributed by atoms with Gasteiger partial charge in [0.2, 0.25) is 17.7 Å². The van der Waals surface area contributed by atoms with Crippen LogP contribution in [0.5, 0.6) is 0 Å². The third-order valence-corrected chi connectivity index (χ3v) is 15.4. The van der Waals surface area contributed by atoms with Crippen molar-refractivity contribution < 1.29 is 23.6 Å². The van der Waals surface area contributed by atoms with Crippen molar-refractivity contribution in [3.8, 4) is 11.8 Å². The zero-order valence-corrected chi connectivity index (χ0v) is 36.5. The number of rotatable bonds is 6. The molecule has 6 heterocycles. The summed E-state index contributed by atoms with van der Waals surface area (Å²) in [5.41, 5.74) is 1.15. The molecule has 2 spiro atoms. The van der Waals surface area contributed by atoms with Gasteiger partial charge in [0.1, 0.15) is 22.7 Å². The van der Waals surface area contributed by atoms with Gasteiger partial charge in [-0.15, -0.1) is 0 Å². The molecule has 4 aromatic rings. The third-order valence-electron chi connectivity index (χ3n) is 14.8. The van der Waals surface area contributed by atoms with Crippen LogP contribution in [0, 0.1) is 29.5 Å². The second-order valence-electron chi connectivity index (χ2n) is 18.4. The molecule has 3 atom stereocenters. The number of pyridine rings is 1. The van der Waals surface area contributed by atoms with E-state index in [0.717, 1.165) is 88.5 Å². The van der Waals surface area contributed by atoms with E-state index in [-0.39, 0.29) is 40.8 Å². The molecule has 4 N–H and O–H groups in total. The van der Waals surface area contributed by atoms with Crippen LogP contribution in [0.3, 0.4) is 0 Å². The van der Waals surface area contributed by atoms with Gasteiger partial charge in [-0.2, -0.15) is 0 Å². The van der Waals surface area contributed by atoms with Crippen LogP contribution < -0.4 is 26.2 Å². The number of carbonyl (C=O) groups excluding carboxylic acids is 4. The fourth-order valence-corrected chi connectivity index (χ4v) is 12.2.